The van der Waals surface area contributed by atoms with Gasteiger partial charge in [0.15, 0.2) is 0 Å². The van der Waals surface area contributed by atoms with Crippen LogP contribution in [0.25, 0.3) is 33.4 Å². The van der Waals surface area contributed by atoms with Crippen molar-refractivity contribution in [3.05, 3.63) is 77.8 Å². The molecule has 94 valence electrons. The van der Waals surface area contributed by atoms with Crippen molar-refractivity contribution < 1.29 is 0 Å². The van der Waals surface area contributed by atoms with Gasteiger partial charge in [0.05, 0.1) is 22.3 Å². The average Bonchev–Trinajstić information content (AvgIpc) is 3.20. The molecule has 2 aliphatic carbocycles. The van der Waals surface area contributed by atoms with Crippen LogP contribution in [0.1, 0.15) is 0 Å². The van der Waals surface area contributed by atoms with Crippen molar-refractivity contribution in [2.24, 2.45) is 0 Å². The highest BCUT2D eigenvalue weighted by atomic mass is 35.5. The lowest BCUT2D eigenvalue weighted by Crippen LogP contribution is -1.80. The van der Waals surface area contributed by atoms with Gasteiger partial charge in [0.1, 0.15) is 10.6 Å². The van der Waals surface area contributed by atoms with E-state index in [1.807, 2.05) is 12.1 Å². The Bertz CT molecular complexity index is 728. The van der Waals surface area contributed by atoms with E-state index >= 15 is 0 Å². The van der Waals surface area contributed by atoms with Crippen molar-refractivity contribution in [3.63, 3.8) is 0 Å². The predicted molar refractivity (Wildman–Crippen MR) is 85.7 cm³/mol. The molecule has 0 radical (unpaired) electrons. The van der Waals surface area contributed by atoms with Crippen molar-refractivity contribution in [1.29, 1.82) is 0 Å². The summed E-state index contributed by atoms with van der Waals surface area (Å²) in [5.74, 6) is 0. The van der Waals surface area contributed by atoms with E-state index in [0.29, 0.717) is 0 Å². The van der Waals surface area contributed by atoms with E-state index in [0.717, 1.165) is 5.02 Å². The number of hydrogen-bond acceptors (Lipinski definition) is 0. The second-order valence-corrected chi connectivity index (χ2v) is 5.33. The van der Waals surface area contributed by atoms with Crippen LogP contribution in [0.3, 0.4) is 0 Å². The zero-order valence-corrected chi connectivity index (χ0v) is 11.6. The predicted octanol–water partition coefficient (Wildman–Crippen LogP) is 5.94. The number of hydrogen-bond donors (Lipinski definition) is 0. The van der Waals surface area contributed by atoms with Crippen LogP contribution < -0.4 is 0 Å². The van der Waals surface area contributed by atoms with Crippen LogP contribution in [0, 0.1) is 0 Å². The number of halogens is 1. The van der Waals surface area contributed by atoms with Gasteiger partial charge in [0.25, 0.3) is 0 Å². The largest absolute Gasteiger partial charge is 0.140 e. The van der Waals surface area contributed by atoms with Crippen LogP contribution in [-0.2, 0) is 0 Å². The molecule has 0 N–H and O–H groups in total. The zero-order valence-electron chi connectivity index (χ0n) is 10.8. The van der Waals surface area contributed by atoms with Gasteiger partial charge in [-0.25, -0.2) is 0 Å². The monoisotopic (exact) mass is 275 g/mol. The number of fused-ring (bicyclic) bond motifs is 1. The summed E-state index contributed by atoms with van der Waals surface area (Å²) in [4.78, 5) is 0. The summed E-state index contributed by atoms with van der Waals surface area (Å²) >= 11 is 6.41. The van der Waals surface area contributed by atoms with Crippen molar-refractivity contribution in [1.82, 2.24) is 0 Å². The molecule has 0 amide bonds. The van der Waals surface area contributed by atoms with Gasteiger partial charge < -0.3 is 0 Å². The topological polar surface area (TPSA) is 0 Å². The molecule has 0 nitrogen and oxygen atoms in total. The Morgan fingerprint density at radius 1 is 0.750 bits per heavy atom. The number of benzene rings is 3. The first kappa shape index (κ1) is 11.6. The highest BCUT2D eigenvalue weighted by Gasteiger charge is 2.37. The van der Waals surface area contributed by atoms with E-state index < -0.39 is 0 Å². The molecule has 2 aromatic rings. The molecule has 0 spiro atoms. The molecule has 0 aromatic heterocycles. The van der Waals surface area contributed by atoms with Crippen LogP contribution in [0.15, 0.2) is 72.8 Å². The Kier molecular flexibility index (Phi) is 2.58. The summed E-state index contributed by atoms with van der Waals surface area (Å²) in [5.41, 5.74) is 7.31. The zero-order chi connectivity index (χ0) is 13.5. The summed E-state index contributed by atoms with van der Waals surface area (Å²) in [6.07, 6.45) is 0. The molecule has 1 heteroatoms. The summed E-state index contributed by atoms with van der Waals surface area (Å²) in [6.45, 7) is 0. The van der Waals surface area contributed by atoms with Crippen molar-refractivity contribution in [3.8, 4) is 33.4 Å². The summed E-state index contributed by atoms with van der Waals surface area (Å²) in [6, 6.07) is 25.1. The minimum absolute atomic E-state index is 0.910. The van der Waals surface area contributed by atoms with Gasteiger partial charge in [-0.3, -0.25) is 0 Å². The van der Waals surface area contributed by atoms with E-state index in [9.17, 15) is 0 Å². The first-order valence-electron chi connectivity index (χ1n) is 6.67. The molecule has 2 aromatic carbocycles. The van der Waals surface area contributed by atoms with E-state index in [-0.39, 0.29) is 0 Å². The van der Waals surface area contributed by atoms with E-state index in [1.165, 1.54) is 33.4 Å². The molecule has 20 heavy (non-hydrogen) atoms. The highest BCUT2D eigenvalue weighted by molar-refractivity contribution is 6.44. The molecule has 0 heterocycles. The van der Waals surface area contributed by atoms with Gasteiger partial charge in [-0.2, -0.15) is 0 Å². The van der Waals surface area contributed by atoms with Crippen LogP contribution in [0.2, 0.25) is 5.02 Å². The Morgan fingerprint density at radius 3 is 2.10 bits per heavy atom. The standard InChI is InChI=1S/C19H12Cl/c20-19-17-15(13-7-3-1-4-8-13)11-12-16(18(17)19)14-9-5-2-6-10-14/h1-12H/q+1. The molecule has 4 rings (SSSR count). The quantitative estimate of drug-likeness (QED) is 0.397. The van der Waals surface area contributed by atoms with Crippen molar-refractivity contribution in [2.45, 2.75) is 0 Å². The molecule has 2 aliphatic rings. The Balaban J connectivity index is 1.87. The highest BCUT2D eigenvalue weighted by Crippen LogP contribution is 2.56. The van der Waals surface area contributed by atoms with Gasteiger partial charge in [0.2, 0.25) is 0 Å². The third kappa shape index (κ3) is 1.73. The Morgan fingerprint density at radius 2 is 1.40 bits per heavy atom. The molecule has 0 unspecified atom stereocenters. The van der Waals surface area contributed by atoms with Crippen LogP contribution in [0.4, 0.5) is 0 Å². The first-order valence-corrected chi connectivity index (χ1v) is 7.05. The summed E-state index contributed by atoms with van der Waals surface area (Å²) in [7, 11) is 0. The third-order valence-electron chi connectivity index (χ3n) is 3.75. The second kappa shape index (κ2) is 4.43. The minimum Gasteiger partial charge on any atom is -0.0622 e. The molecular weight excluding hydrogens is 264 g/mol. The molecule has 0 saturated carbocycles. The van der Waals surface area contributed by atoms with Gasteiger partial charge in [-0.05, 0) is 53.6 Å². The lowest BCUT2D eigenvalue weighted by Gasteiger charge is -2.00. The van der Waals surface area contributed by atoms with Gasteiger partial charge in [-0.15, -0.1) is 0 Å². The fourth-order valence-corrected chi connectivity index (χ4v) is 3.07. The number of rotatable bonds is 2. The molecule has 0 aliphatic heterocycles. The van der Waals surface area contributed by atoms with E-state index in [2.05, 4.69) is 60.7 Å². The lowest BCUT2D eigenvalue weighted by atomic mass is 9.98. The SMILES string of the molecule is Clc1c2c(-c3ccccc3)cc[c+](-c3ccccc3)c1-2. The maximum atomic E-state index is 6.41. The lowest BCUT2D eigenvalue weighted by molar-refractivity contribution is 1.63. The maximum absolute atomic E-state index is 6.41. The fourth-order valence-electron chi connectivity index (χ4n) is 2.72. The molecule has 0 fully saturated rings. The Labute approximate surface area is 123 Å². The third-order valence-corrected chi connectivity index (χ3v) is 4.13. The van der Waals surface area contributed by atoms with E-state index in [4.69, 9.17) is 11.6 Å². The molecule has 0 atom stereocenters. The van der Waals surface area contributed by atoms with Gasteiger partial charge >= 0.3 is 0 Å². The maximum Gasteiger partial charge on any atom is 0.140 e. The van der Waals surface area contributed by atoms with E-state index in [1.54, 1.807) is 0 Å². The average molecular weight is 276 g/mol. The summed E-state index contributed by atoms with van der Waals surface area (Å²) < 4.78 is 0. The van der Waals surface area contributed by atoms with Crippen LogP contribution >= 0.6 is 11.6 Å². The minimum atomic E-state index is 0.910. The van der Waals surface area contributed by atoms with Crippen LogP contribution in [0.5, 0.6) is 0 Å². The summed E-state index contributed by atoms with van der Waals surface area (Å²) in [5, 5.41) is 0.910. The first-order chi connectivity index (χ1) is 9.86. The van der Waals surface area contributed by atoms with Crippen molar-refractivity contribution in [2.75, 3.05) is 0 Å². The molecular formula is C19H12Cl+. The molecule has 0 bridgehead atoms. The Hall–Kier alpha value is -2.18. The normalized spacial score (nSPS) is 11.2. The van der Waals surface area contributed by atoms with Gasteiger partial charge in [0, 0.05) is 6.07 Å². The fraction of sp³-hybridized carbons (Fsp3) is 0. The molecule has 0 saturated heterocycles. The van der Waals surface area contributed by atoms with Crippen molar-refractivity contribution >= 4 is 11.6 Å². The van der Waals surface area contributed by atoms with Gasteiger partial charge in [-0.1, -0.05) is 30.3 Å². The smallest absolute Gasteiger partial charge is 0.0622 e. The second-order valence-electron chi connectivity index (χ2n) is 4.96. The van der Waals surface area contributed by atoms with Crippen LogP contribution in [-0.4, -0.2) is 0 Å².